The van der Waals surface area contributed by atoms with Gasteiger partial charge < -0.3 is 10.2 Å². The maximum absolute atomic E-state index is 14.3. The Hall–Kier alpha value is -4.07. The Balaban J connectivity index is 1.54. The van der Waals surface area contributed by atoms with Crippen LogP contribution < -0.4 is 10.2 Å². The van der Waals surface area contributed by atoms with E-state index in [1.54, 1.807) is 18.2 Å². The molecular formula is C31H35FN6O. The first-order chi connectivity index (χ1) is 19.1. The van der Waals surface area contributed by atoms with Gasteiger partial charge in [-0.3, -0.25) is 4.79 Å². The summed E-state index contributed by atoms with van der Waals surface area (Å²) in [6.07, 6.45) is 8.14. The largest absolute Gasteiger partial charge is 0.367 e. The van der Waals surface area contributed by atoms with Gasteiger partial charge in [-0.15, -0.1) is 10.2 Å². The van der Waals surface area contributed by atoms with E-state index in [9.17, 15) is 9.18 Å². The SMILES string of the molecule is CCCCN(c1ccc(-c2ccccc2-c2nn[nH]n2)cc1NC(=O)Cc1ccccc1F)C1CCCCC1. The van der Waals surface area contributed by atoms with Crippen molar-refractivity contribution in [3.05, 3.63) is 78.1 Å². The fourth-order valence-corrected chi connectivity index (χ4v) is 5.49. The summed E-state index contributed by atoms with van der Waals surface area (Å²) in [6.45, 7) is 3.13. The first-order valence-electron chi connectivity index (χ1n) is 13.9. The number of H-pyrrole nitrogens is 1. The summed E-state index contributed by atoms with van der Waals surface area (Å²) < 4.78 is 14.3. The van der Waals surface area contributed by atoms with Crippen LogP contribution in [0.2, 0.25) is 0 Å². The second-order valence-electron chi connectivity index (χ2n) is 10.2. The quantitative estimate of drug-likeness (QED) is 0.237. The molecule has 8 heteroatoms. The molecular weight excluding hydrogens is 491 g/mol. The van der Waals surface area contributed by atoms with Crippen molar-refractivity contribution in [2.45, 2.75) is 64.3 Å². The molecule has 0 atom stereocenters. The third-order valence-electron chi connectivity index (χ3n) is 7.48. The van der Waals surface area contributed by atoms with E-state index in [1.165, 1.54) is 25.3 Å². The van der Waals surface area contributed by atoms with E-state index in [2.05, 4.69) is 49.9 Å². The van der Waals surface area contributed by atoms with Crippen molar-refractivity contribution in [3.8, 4) is 22.5 Å². The highest BCUT2D eigenvalue weighted by atomic mass is 19.1. The van der Waals surface area contributed by atoms with Gasteiger partial charge >= 0.3 is 0 Å². The maximum atomic E-state index is 14.3. The zero-order valence-corrected chi connectivity index (χ0v) is 22.4. The van der Waals surface area contributed by atoms with Crippen molar-refractivity contribution in [3.63, 3.8) is 0 Å². The molecule has 39 heavy (non-hydrogen) atoms. The van der Waals surface area contributed by atoms with Gasteiger partial charge in [0.2, 0.25) is 11.7 Å². The number of benzene rings is 3. The molecule has 0 aliphatic heterocycles. The Bertz CT molecular complexity index is 1380. The summed E-state index contributed by atoms with van der Waals surface area (Å²) in [5, 5.41) is 17.8. The van der Waals surface area contributed by atoms with Crippen molar-refractivity contribution in [1.82, 2.24) is 20.6 Å². The molecule has 7 nitrogen and oxygen atoms in total. The van der Waals surface area contributed by atoms with Crippen LogP contribution in [0.1, 0.15) is 57.4 Å². The van der Waals surface area contributed by atoms with E-state index in [0.29, 0.717) is 17.4 Å². The molecule has 0 unspecified atom stereocenters. The van der Waals surface area contributed by atoms with Gasteiger partial charge in [-0.25, -0.2) is 4.39 Å². The van der Waals surface area contributed by atoms with Gasteiger partial charge in [0.05, 0.1) is 17.8 Å². The summed E-state index contributed by atoms with van der Waals surface area (Å²) in [4.78, 5) is 15.8. The molecule has 0 bridgehead atoms. The molecule has 1 heterocycles. The van der Waals surface area contributed by atoms with Crippen LogP contribution in [0.3, 0.4) is 0 Å². The van der Waals surface area contributed by atoms with E-state index in [0.717, 1.165) is 60.3 Å². The minimum absolute atomic E-state index is 0.0336. The lowest BCUT2D eigenvalue weighted by molar-refractivity contribution is -0.115. The molecule has 1 aromatic heterocycles. The highest BCUT2D eigenvalue weighted by Crippen LogP contribution is 2.38. The number of anilines is 2. The van der Waals surface area contributed by atoms with Crippen molar-refractivity contribution < 1.29 is 9.18 Å². The molecule has 1 fully saturated rings. The molecule has 1 aliphatic carbocycles. The van der Waals surface area contributed by atoms with E-state index < -0.39 is 0 Å². The predicted molar refractivity (Wildman–Crippen MR) is 153 cm³/mol. The Morgan fingerprint density at radius 2 is 1.79 bits per heavy atom. The Morgan fingerprint density at radius 3 is 2.54 bits per heavy atom. The lowest BCUT2D eigenvalue weighted by atomic mass is 9.92. The molecule has 5 rings (SSSR count). The molecule has 0 saturated heterocycles. The number of aromatic amines is 1. The van der Waals surface area contributed by atoms with Crippen LogP contribution in [-0.2, 0) is 11.2 Å². The number of tetrazole rings is 1. The third-order valence-corrected chi connectivity index (χ3v) is 7.48. The average molecular weight is 527 g/mol. The number of hydrogen-bond acceptors (Lipinski definition) is 5. The van der Waals surface area contributed by atoms with Crippen LogP contribution in [0, 0.1) is 5.82 Å². The number of aromatic nitrogens is 4. The summed E-state index contributed by atoms with van der Waals surface area (Å²) in [7, 11) is 0. The molecule has 4 aromatic rings. The number of amides is 1. The zero-order valence-electron chi connectivity index (χ0n) is 22.4. The third kappa shape index (κ3) is 6.33. The molecule has 2 N–H and O–H groups in total. The summed E-state index contributed by atoms with van der Waals surface area (Å²) in [6, 6.07) is 21.0. The summed E-state index contributed by atoms with van der Waals surface area (Å²) in [5.74, 6) is -0.113. The zero-order chi connectivity index (χ0) is 27.0. The second kappa shape index (κ2) is 12.7. The molecule has 0 spiro atoms. The number of nitrogens with zero attached hydrogens (tertiary/aromatic N) is 4. The van der Waals surface area contributed by atoms with Crippen molar-refractivity contribution in [2.24, 2.45) is 0 Å². The average Bonchev–Trinajstić information content (AvgIpc) is 3.51. The van der Waals surface area contributed by atoms with Gasteiger partial charge in [0.1, 0.15) is 5.82 Å². The highest BCUT2D eigenvalue weighted by Gasteiger charge is 2.24. The molecule has 1 amide bonds. The van der Waals surface area contributed by atoms with Gasteiger partial charge in [-0.1, -0.05) is 81.1 Å². The second-order valence-corrected chi connectivity index (χ2v) is 10.2. The summed E-state index contributed by atoms with van der Waals surface area (Å²) >= 11 is 0. The van der Waals surface area contributed by atoms with Gasteiger partial charge in [-0.05, 0) is 59.4 Å². The van der Waals surface area contributed by atoms with E-state index in [-0.39, 0.29) is 18.1 Å². The van der Waals surface area contributed by atoms with Gasteiger partial charge in [0, 0.05) is 18.2 Å². The lowest BCUT2D eigenvalue weighted by Crippen LogP contribution is -2.38. The lowest BCUT2D eigenvalue weighted by Gasteiger charge is -2.37. The molecule has 1 saturated carbocycles. The molecule has 0 radical (unpaired) electrons. The maximum Gasteiger partial charge on any atom is 0.228 e. The number of carbonyl (C=O) groups is 1. The van der Waals surface area contributed by atoms with Crippen LogP contribution in [0.5, 0.6) is 0 Å². The van der Waals surface area contributed by atoms with Crippen LogP contribution in [-0.4, -0.2) is 39.1 Å². The minimum atomic E-state index is -0.373. The topological polar surface area (TPSA) is 86.8 Å². The van der Waals surface area contributed by atoms with Crippen LogP contribution >= 0.6 is 0 Å². The van der Waals surface area contributed by atoms with Crippen molar-refractivity contribution >= 4 is 17.3 Å². The minimum Gasteiger partial charge on any atom is -0.367 e. The molecule has 1 aliphatic rings. The fraction of sp³-hybridized carbons (Fsp3) is 0.355. The number of rotatable bonds is 10. The molecule has 3 aromatic carbocycles. The Kier molecular flexibility index (Phi) is 8.61. The van der Waals surface area contributed by atoms with E-state index in [1.807, 2.05) is 30.3 Å². The van der Waals surface area contributed by atoms with Crippen LogP contribution in [0.25, 0.3) is 22.5 Å². The number of hydrogen-bond donors (Lipinski definition) is 2. The van der Waals surface area contributed by atoms with E-state index in [4.69, 9.17) is 0 Å². The number of unbranched alkanes of at least 4 members (excludes halogenated alkanes) is 1. The number of halogens is 1. The van der Waals surface area contributed by atoms with Gasteiger partial charge in [0.25, 0.3) is 0 Å². The first-order valence-corrected chi connectivity index (χ1v) is 13.9. The summed E-state index contributed by atoms with van der Waals surface area (Å²) in [5.41, 5.74) is 4.84. The number of carbonyl (C=O) groups excluding carboxylic acids is 1. The van der Waals surface area contributed by atoms with Crippen LogP contribution in [0.4, 0.5) is 15.8 Å². The van der Waals surface area contributed by atoms with E-state index >= 15 is 0 Å². The standard InChI is InChI=1S/C31H35FN6O/c1-2-3-19-38(24-12-5-4-6-13-24)29-18-17-22(25-14-8-9-15-26(25)31-34-36-37-35-31)20-28(29)33-30(39)21-23-11-7-10-16-27(23)32/h7-11,14-18,20,24H,2-6,12-13,19,21H2,1H3,(H,33,39)(H,34,35,36,37). The smallest absolute Gasteiger partial charge is 0.228 e. The van der Waals surface area contributed by atoms with Gasteiger partial charge in [-0.2, -0.15) is 5.21 Å². The number of nitrogens with one attached hydrogen (secondary N) is 2. The highest BCUT2D eigenvalue weighted by molar-refractivity contribution is 5.97. The monoisotopic (exact) mass is 526 g/mol. The Morgan fingerprint density at radius 1 is 1.03 bits per heavy atom. The fourth-order valence-electron chi connectivity index (χ4n) is 5.49. The molecule has 202 valence electrons. The van der Waals surface area contributed by atoms with Crippen LogP contribution in [0.15, 0.2) is 66.7 Å². The predicted octanol–water partition coefficient (Wildman–Crippen LogP) is 6.79. The van der Waals surface area contributed by atoms with Crippen molar-refractivity contribution in [1.29, 1.82) is 0 Å². The first kappa shape index (κ1) is 26.5. The normalized spacial score (nSPS) is 13.8. The van der Waals surface area contributed by atoms with Crippen molar-refractivity contribution in [2.75, 3.05) is 16.8 Å². The Labute approximate surface area is 228 Å². The van der Waals surface area contributed by atoms with Gasteiger partial charge in [0.15, 0.2) is 0 Å².